The van der Waals surface area contributed by atoms with Gasteiger partial charge in [-0.15, -0.1) is 0 Å². The summed E-state index contributed by atoms with van der Waals surface area (Å²) in [6, 6.07) is 0. The fourth-order valence-corrected chi connectivity index (χ4v) is 2.11. The van der Waals surface area contributed by atoms with Crippen molar-refractivity contribution in [2.75, 3.05) is 13.1 Å². The molecule has 2 heteroatoms. The van der Waals surface area contributed by atoms with Crippen LogP contribution < -0.4 is 5.32 Å². The van der Waals surface area contributed by atoms with Gasteiger partial charge in [-0.05, 0) is 44.7 Å². The number of aliphatic hydroxyl groups is 1. The van der Waals surface area contributed by atoms with Crippen molar-refractivity contribution in [2.45, 2.75) is 51.6 Å². The minimum atomic E-state index is -0.376. The highest BCUT2D eigenvalue weighted by atomic mass is 16.3. The van der Waals surface area contributed by atoms with Crippen LogP contribution in [0.15, 0.2) is 0 Å². The fourth-order valence-electron chi connectivity index (χ4n) is 2.11. The zero-order valence-electron chi connectivity index (χ0n) is 8.97. The molecule has 2 N–H and O–H groups in total. The van der Waals surface area contributed by atoms with Crippen molar-refractivity contribution in [1.82, 2.24) is 5.32 Å². The zero-order chi connectivity index (χ0) is 9.73. The van der Waals surface area contributed by atoms with Gasteiger partial charge in [0.25, 0.3) is 0 Å². The standard InChI is InChI=1S/C11H23NO/c1-3-10(2)9-11(13)5-4-7-12-8-6-11/h10,12-13H,3-9H2,1-2H3. The molecule has 2 atom stereocenters. The molecule has 0 spiro atoms. The minimum Gasteiger partial charge on any atom is -0.390 e. The molecule has 1 aliphatic heterocycles. The van der Waals surface area contributed by atoms with E-state index in [1.807, 2.05) is 0 Å². The van der Waals surface area contributed by atoms with Crippen molar-refractivity contribution in [1.29, 1.82) is 0 Å². The highest BCUT2D eigenvalue weighted by Gasteiger charge is 2.28. The maximum Gasteiger partial charge on any atom is 0.0662 e. The molecule has 0 bridgehead atoms. The molecule has 13 heavy (non-hydrogen) atoms. The maximum atomic E-state index is 10.3. The maximum absolute atomic E-state index is 10.3. The quantitative estimate of drug-likeness (QED) is 0.704. The molecule has 0 aromatic carbocycles. The molecule has 1 aliphatic rings. The molecule has 78 valence electrons. The minimum absolute atomic E-state index is 0.376. The summed E-state index contributed by atoms with van der Waals surface area (Å²) >= 11 is 0. The Bertz CT molecular complexity index is 139. The summed E-state index contributed by atoms with van der Waals surface area (Å²) in [5.41, 5.74) is -0.376. The van der Waals surface area contributed by atoms with Crippen molar-refractivity contribution in [3.63, 3.8) is 0 Å². The second-order valence-electron chi connectivity index (χ2n) is 4.55. The highest BCUT2D eigenvalue weighted by molar-refractivity contribution is 4.83. The second-order valence-corrected chi connectivity index (χ2v) is 4.55. The third-order valence-corrected chi connectivity index (χ3v) is 3.19. The van der Waals surface area contributed by atoms with E-state index in [0.29, 0.717) is 5.92 Å². The van der Waals surface area contributed by atoms with Crippen LogP contribution in [0.3, 0.4) is 0 Å². The van der Waals surface area contributed by atoms with E-state index in [4.69, 9.17) is 0 Å². The Morgan fingerprint density at radius 3 is 2.85 bits per heavy atom. The van der Waals surface area contributed by atoms with Crippen LogP contribution in [0.1, 0.15) is 46.0 Å². The predicted molar refractivity (Wildman–Crippen MR) is 55.7 cm³/mol. The van der Waals surface area contributed by atoms with Gasteiger partial charge in [0, 0.05) is 0 Å². The Hall–Kier alpha value is -0.0800. The van der Waals surface area contributed by atoms with Crippen LogP contribution in [0.4, 0.5) is 0 Å². The number of hydrogen-bond acceptors (Lipinski definition) is 2. The zero-order valence-corrected chi connectivity index (χ0v) is 8.97. The first-order valence-corrected chi connectivity index (χ1v) is 5.59. The summed E-state index contributed by atoms with van der Waals surface area (Å²) in [6.45, 7) is 6.48. The van der Waals surface area contributed by atoms with Gasteiger partial charge in [0.2, 0.25) is 0 Å². The Balaban J connectivity index is 2.41. The molecule has 0 aromatic rings. The summed E-state index contributed by atoms with van der Waals surface area (Å²) in [4.78, 5) is 0. The van der Waals surface area contributed by atoms with Crippen LogP contribution in [0.5, 0.6) is 0 Å². The number of nitrogens with one attached hydrogen (secondary N) is 1. The average molecular weight is 185 g/mol. The largest absolute Gasteiger partial charge is 0.390 e. The highest BCUT2D eigenvalue weighted by Crippen LogP contribution is 2.28. The Kier molecular flexibility index (Phi) is 4.20. The van der Waals surface area contributed by atoms with Crippen LogP contribution in [-0.2, 0) is 0 Å². The lowest BCUT2D eigenvalue weighted by atomic mass is 9.84. The van der Waals surface area contributed by atoms with E-state index >= 15 is 0 Å². The molecule has 1 saturated heterocycles. The second kappa shape index (κ2) is 4.97. The molecular weight excluding hydrogens is 162 g/mol. The van der Waals surface area contributed by atoms with Gasteiger partial charge in [-0.1, -0.05) is 20.3 Å². The van der Waals surface area contributed by atoms with Crippen LogP contribution in [0.25, 0.3) is 0 Å². The van der Waals surface area contributed by atoms with Gasteiger partial charge in [0.15, 0.2) is 0 Å². The van der Waals surface area contributed by atoms with Gasteiger partial charge in [0.05, 0.1) is 5.60 Å². The summed E-state index contributed by atoms with van der Waals surface area (Å²) in [5.74, 6) is 0.656. The first-order valence-electron chi connectivity index (χ1n) is 5.59. The monoisotopic (exact) mass is 185 g/mol. The van der Waals surface area contributed by atoms with Gasteiger partial charge in [-0.2, -0.15) is 0 Å². The van der Waals surface area contributed by atoms with E-state index in [2.05, 4.69) is 19.2 Å². The van der Waals surface area contributed by atoms with Crippen molar-refractivity contribution >= 4 is 0 Å². The molecule has 1 rings (SSSR count). The molecule has 0 radical (unpaired) electrons. The van der Waals surface area contributed by atoms with Crippen LogP contribution in [0.2, 0.25) is 0 Å². The van der Waals surface area contributed by atoms with Crippen molar-refractivity contribution in [3.8, 4) is 0 Å². The SMILES string of the molecule is CCC(C)CC1(O)CCCNCC1. The lowest BCUT2D eigenvalue weighted by molar-refractivity contribution is 0.00579. The molecular formula is C11H23NO. The first-order chi connectivity index (χ1) is 6.16. The molecule has 0 saturated carbocycles. The molecule has 2 nitrogen and oxygen atoms in total. The topological polar surface area (TPSA) is 32.3 Å². The summed E-state index contributed by atoms with van der Waals surface area (Å²) in [5, 5.41) is 13.6. The van der Waals surface area contributed by atoms with Gasteiger partial charge in [-0.3, -0.25) is 0 Å². The lowest BCUT2D eigenvalue weighted by Crippen LogP contribution is -2.31. The predicted octanol–water partition coefficient (Wildman–Crippen LogP) is 1.93. The van der Waals surface area contributed by atoms with Gasteiger partial charge in [-0.25, -0.2) is 0 Å². The van der Waals surface area contributed by atoms with Crippen LogP contribution >= 0.6 is 0 Å². The first kappa shape index (κ1) is 11.0. The van der Waals surface area contributed by atoms with E-state index in [0.717, 1.165) is 38.8 Å². The molecule has 1 fully saturated rings. The van der Waals surface area contributed by atoms with Crippen molar-refractivity contribution in [3.05, 3.63) is 0 Å². The number of rotatable bonds is 3. The Morgan fingerprint density at radius 1 is 1.38 bits per heavy atom. The molecule has 0 aromatic heterocycles. The Labute approximate surface area is 81.7 Å². The van der Waals surface area contributed by atoms with Gasteiger partial charge < -0.3 is 10.4 Å². The molecule has 0 amide bonds. The number of hydrogen-bond donors (Lipinski definition) is 2. The smallest absolute Gasteiger partial charge is 0.0662 e. The van der Waals surface area contributed by atoms with E-state index in [1.54, 1.807) is 0 Å². The van der Waals surface area contributed by atoms with Gasteiger partial charge in [0.1, 0.15) is 0 Å². The molecule has 0 aliphatic carbocycles. The fraction of sp³-hybridized carbons (Fsp3) is 1.00. The van der Waals surface area contributed by atoms with Gasteiger partial charge >= 0.3 is 0 Å². The van der Waals surface area contributed by atoms with E-state index < -0.39 is 0 Å². The summed E-state index contributed by atoms with van der Waals surface area (Å²) < 4.78 is 0. The average Bonchev–Trinajstić information content (AvgIpc) is 2.30. The van der Waals surface area contributed by atoms with Crippen LogP contribution in [-0.4, -0.2) is 23.8 Å². The summed E-state index contributed by atoms with van der Waals surface area (Å²) in [7, 11) is 0. The lowest BCUT2D eigenvalue weighted by Gasteiger charge is -2.29. The third-order valence-electron chi connectivity index (χ3n) is 3.19. The third kappa shape index (κ3) is 3.65. The normalized spacial score (nSPS) is 32.5. The van der Waals surface area contributed by atoms with Crippen molar-refractivity contribution < 1.29 is 5.11 Å². The van der Waals surface area contributed by atoms with Crippen molar-refractivity contribution in [2.24, 2.45) is 5.92 Å². The molecule has 2 unspecified atom stereocenters. The van der Waals surface area contributed by atoms with E-state index in [-0.39, 0.29) is 5.60 Å². The van der Waals surface area contributed by atoms with E-state index in [9.17, 15) is 5.11 Å². The van der Waals surface area contributed by atoms with Crippen LogP contribution in [0, 0.1) is 5.92 Å². The Morgan fingerprint density at radius 2 is 2.15 bits per heavy atom. The van der Waals surface area contributed by atoms with E-state index in [1.165, 1.54) is 6.42 Å². The molecule has 1 heterocycles. The summed E-state index contributed by atoms with van der Waals surface area (Å²) in [6.07, 6.45) is 5.18.